The van der Waals surface area contributed by atoms with Crippen molar-refractivity contribution in [1.29, 1.82) is 0 Å². The van der Waals surface area contributed by atoms with Crippen LogP contribution in [0.2, 0.25) is 26.2 Å². The highest BCUT2D eigenvalue weighted by molar-refractivity contribution is 7.03. The molecule has 0 saturated heterocycles. The monoisotopic (exact) mass is 1290 g/mol. The van der Waals surface area contributed by atoms with Gasteiger partial charge in [0.2, 0.25) is 0 Å². The van der Waals surface area contributed by atoms with Crippen molar-refractivity contribution in [2.24, 2.45) is 0 Å². The molecule has 0 N–H and O–H groups in total. The molecule has 6 heterocycles. The lowest BCUT2D eigenvalue weighted by molar-refractivity contribution is 0.660. The topological polar surface area (TPSA) is 9.86 Å². The Morgan fingerprint density at radius 3 is 1.36 bits per heavy atom. The van der Waals surface area contributed by atoms with Gasteiger partial charge in [-0.05, 0) is 185 Å². The molecule has 1 aliphatic carbocycles. The first kappa shape index (κ1) is 55.9. The number of fused-ring (bicyclic) bond motifs is 28. The van der Waals surface area contributed by atoms with Crippen LogP contribution in [0.1, 0.15) is 69.5 Å². The molecule has 15 aromatic carbocycles. The number of rotatable bonds is 3. The van der Waals surface area contributed by atoms with E-state index in [2.05, 4.69) is 352 Å². The van der Waals surface area contributed by atoms with Gasteiger partial charge in [0, 0.05) is 27.0 Å². The molecule has 0 saturated carbocycles. The van der Waals surface area contributed by atoms with Crippen molar-refractivity contribution >= 4 is 102 Å². The summed E-state index contributed by atoms with van der Waals surface area (Å²) in [6.45, 7) is 15.3. The van der Waals surface area contributed by atoms with Crippen LogP contribution in [0.3, 0.4) is 0 Å². The summed E-state index contributed by atoms with van der Waals surface area (Å²) in [6.07, 6.45) is 0. The van der Waals surface area contributed by atoms with Crippen LogP contribution in [-0.2, 0) is 16.2 Å². The summed E-state index contributed by atoms with van der Waals surface area (Å²) in [7, 11) is -4.85. The predicted octanol–water partition coefficient (Wildman–Crippen LogP) is 21.2. The minimum Gasteiger partial charge on any atom is -0.309 e. The maximum absolute atomic E-state index is 2.64. The molecule has 0 fully saturated rings. The van der Waals surface area contributed by atoms with E-state index in [1.54, 1.807) is 0 Å². The molecule has 5 aliphatic rings. The second-order valence-corrected chi connectivity index (χ2v) is 39.1. The third kappa shape index (κ3) is 6.73. The number of nitrogens with zero attached hydrogens (tertiary/aromatic N) is 2. The normalized spacial score (nSPS) is 17.9. The molecule has 0 bridgehead atoms. The van der Waals surface area contributed by atoms with E-state index in [9.17, 15) is 0 Å². The van der Waals surface area contributed by atoms with Crippen LogP contribution in [0, 0.1) is 0 Å². The van der Waals surface area contributed by atoms with Gasteiger partial charge >= 0.3 is 0 Å². The number of aromatic nitrogens is 2. The quantitative estimate of drug-likeness (QED) is 0.123. The molecule has 22 rings (SSSR count). The van der Waals surface area contributed by atoms with Gasteiger partial charge in [-0.25, -0.2) is 0 Å². The fourth-order valence-electron chi connectivity index (χ4n) is 21.0. The molecular formula is C95H68N2Si2. The van der Waals surface area contributed by atoms with E-state index in [1.807, 2.05) is 0 Å². The van der Waals surface area contributed by atoms with Crippen LogP contribution in [-0.4, -0.2) is 25.3 Å². The molecule has 4 aliphatic heterocycles. The lowest BCUT2D eigenvalue weighted by Crippen LogP contribution is -2.64. The predicted molar refractivity (Wildman–Crippen MR) is 421 cm³/mol. The fourth-order valence-corrected chi connectivity index (χ4v) is 28.1. The van der Waals surface area contributed by atoms with Crippen LogP contribution < -0.4 is 20.7 Å². The summed E-state index contributed by atoms with van der Waals surface area (Å²) < 4.78 is 5.20. The lowest BCUT2D eigenvalue weighted by atomic mass is 9.62. The zero-order chi connectivity index (χ0) is 65.8. The molecule has 4 heteroatoms. The maximum Gasteiger partial charge on any atom is 0.113 e. The summed E-state index contributed by atoms with van der Waals surface area (Å²) in [4.78, 5) is 0. The number of hydrogen-bond acceptors (Lipinski definition) is 0. The summed E-state index contributed by atoms with van der Waals surface area (Å²) in [5, 5.41) is 16.3. The third-order valence-electron chi connectivity index (χ3n) is 25.0. The zero-order valence-corrected chi connectivity index (χ0v) is 58.3. The average molecular weight is 1290 g/mol. The molecule has 99 heavy (non-hydrogen) atoms. The van der Waals surface area contributed by atoms with Crippen LogP contribution >= 0.6 is 0 Å². The molecule has 2 spiro atoms. The first-order valence-electron chi connectivity index (χ1n) is 35.4. The molecular weight excluding hydrogens is 1230 g/mol. The van der Waals surface area contributed by atoms with Gasteiger partial charge in [0.15, 0.2) is 0 Å². The summed E-state index contributed by atoms with van der Waals surface area (Å²) in [5.41, 5.74) is 30.7. The molecule has 2 atom stereocenters. The highest BCUT2D eigenvalue weighted by Gasteiger charge is 2.56. The van der Waals surface area contributed by atoms with Gasteiger partial charge in [-0.15, -0.1) is 0 Å². The summed E-state index contributed by atoms with van der Waals surface area (Å²) >= 11 is 0. The maximum atomic E-state index is 2.64. The van der Waals surface area contributed by atoms with E-state index >= 15 is 0 Å². The van der Waals surface area contributed by atoms with Gasteiger partial charge in [0.05, 0.1) is 44.3 Å². The van der Waals surface area contributed by atoms with Gasteiger partial charge < -0.3 is 9.13 Å². The number of hydrogen-bond donors (Lipinski definition) is 0. The van der Waals surface area contributed by atoms with Gasteiger partial charge in [0.1, 0.15) is 16.1 Å². The van der Waals surface area contributed by atoms with E-state index < -0.39 is 27.0 Å². The Hall–Kier alpha value is -11.1. The molecule has 0 radical (unpaired) electrons. The van der Waals surface area contributed by atoms with Gasteiger partial charge in [-0.1, -0.05) is 301 Å². The van der Waals surface area contributed by atoms with Crippen LogP contribution in [0.25, 0.3) is 121 Å². The highest BCUT2D eigenvalue weighted by atomic mass is 28.3. The van der Waals surface area contributed by atoms with Gasteiger partial charge in [-0.2, -0.15) is 0 Å². The van der Waals surface area contributed by atoms with E-state index in [4.69, 9.17) is 0 Å². The minimum absolute atomic E-state index is 0.107. The minimum atomic E-state index is -2.46. The first-order chi connectivity index (χ1) is 48.4. The highest BCUT2D eigenvalue weighted by Crippen LogP contribution is 2.59. The Bertz CT molecular complexity index is 6540. The van der Waals surface area contributed by atoms with Crippen molar-refractivity contribution in [3.63, 3.8) is 0 Å². The van der Waals surface area contributed by atoms with E-state index in [-0.39, 0.29) is 5.41 Å². The molecule has 2 unspecified atom stereocenters. The van der Waals surface area contributed by atoms with Crippen molar-refractivity contribution in [2.75, 3.05) is 0 Å². The summed E-state index contributed by atoms with van der Waals surface area (Å²) in [6, 6.07) is 119. The van der Waals surface area contributed by atoms with Crippen LogP contribution in [0.15, 0.2) is 303 Å². The van der Waals surface area contributed by atoms with Crippen molar-refractivity contribution in [3.8, 4) is 55.9 Å². The van der Waals surface area contributed by atoms with Crippen LogP contribution in [0.5, 0.6) is 0 Å². The van der Waals surface area contributed by atoms with E-state index in [1.165, 1.54) is 197 Å². The second kappa shape index (κ2) is 19.1. The smallest absolute Gasteiger partial charge is 0.113 e. The Balaban J connectivity index is 0.725. The first-order valence-corrected chi connectivity index (χ1v) is 41.4. The fraction of sp³-hybridized carbons (Fsp3) is 0.0947. The lowest BCUT2D eigenvalue weighted by Gasteiger charge is -2.50. The van der Waals surface area contributed by atoms with Crippen molar-refractivity contribution in [3.05, 3.63) is 359 Å². The average Bonchev–Trinajstić information content (AvgIpc) is 1.64. The zero-order valence-electron chi connectivity index (χ0n) is 56.3. The molecule has 2 aromatic heterocycles. The van der Waals surface area contributed by atoms with Crippen molar-refractivity contribution in [2.45, 2.75) is 56.3 Å². The number of para-hydroxylation sites is 5. The van der Waals surface area contributed by atoms with Crippen molar-refractivity contribution < 1.29 is 0 Å². The Kier molecular flexibility index (Phi) is 10.8. The third-order valence-corrected chi connectivity index (χ3v) is 32.1. The largest absolute Gasteiger partial charge is 0.309 e. The van der Waals surface area contributed by atoms with E-state index in [0.717, 1.165) is 0 Å². The Morgan fingerprint density at radius 1 is 0.253 bits per heavy atom. The van der Waals surface area contributed by atoms with Gasteiger partial charge in [0.25, 0.3) is 0 Å². The van der Waals surface area contributed by atoms with Crippen molar-refractivity contribution in [1.82, 2.24) is 9.13 Å². The van der Waals surface area contributed by atoms with E-state index in [0.29, 0.717) is 0 Å². The second-order valence-electron chi connectivity index (χ2n) is 30.5. The van der Waals surface area contributed by atoms with Gasteiger partial charge in [-0.3, -0.25) is 0 Å². The number of benzene rings is 15. The SMILES string of the molecule is CC1(C)c2ccccc2-c2ccc(-c3cccc4c3[Si](C)(C)c3ccccc3C43c4ccccc4-n4c5cc(-c6ccc7cc(-c8cccc9c8[Si](C)(C)c8ccccc8C98c9ccccc9-n9c%10ccccc%10c%10cccc8c%109)c8ccccc8c7c6)ccc5c5cccc3c54)cc21. The molecule has 466 valence electrons. The summed E-state index contributed by atoms with van der Waals surface area (Å²) in [5.74, 6) is 0. The standard InChI is InChI=1S/C95H68N2Si2/c1-93(2)73-33-11-9-27-64(73)65-51-50-60(55-82(65)93)61-29-21-40-80-91(61)98(3,4)87-45-19-14-36-76(87)94(80)75-35-13-18-44-85(75)97-86-56-58(49-52-67(86)69-31-23-39-79(94)90(69)97)57-47-48-59-54-72(63-26-8-7-25-62(63)71(59)53-57)70-32-24-41-81-92(70)99(5,6)88-46-20-15-37-77(88)95(81)74-34-12-17-43-84(74)96-83-42-16-10-28-66(83)68-30-22-38-78(95)89(68)96/h7-56H,1-6H3. The molecule has 2 nitrogen and oxygen atoms in total. The molecule has 0 amide bonds. The Labute approximate surface area is 578 Å². The Morgan fingerprint density at radius 2 is 0.697 bits per heavy atom. The van der Waals surface area contributed by atoms with Crippen LogP contribution in [0.4, 0.5) is 0 Å². The molecule has 17 aromatic rings.